The molecule has 88 valence electrons. The normalized spacial score (nSPS) is 11.5. The van der Waals surface area contributed by atoms with Gasteiger partial charge in [0.2, 0.25) is 0 Å². The first-order valence-corrected chi connectivity index (χ1v) is 5.80. The molecule has 0 aliphatic carbocycles. The molecule has 0 saturated carbocycles. The van der Waals surface area contributed by atoms with Gasteiger partial charge in [0, 0.05) is 11.8 Å². The Morgan fingerprint density at radius 2 is 1.65 bits per heavy atom. The van der Waals surface area contributed by atoms with Crippen LogP contribution in [0.3, 0.4) is 0 Å². The number of nitrogens with two attached hydrogens (primary N) is 1. The number of hydrogen-bond donors (Lipinski definition) is 1. The summed E-state index contributed by atoms with van der Waals surface area (Å²) in [4.78, 5) is 4.32. The van der Waals surface area contributed by atoms with Crippen molar-refractivity contribution in [1.82, 2.24) is 4.98 Å². The van der Waals surface area contributed by atoms with Crippen molar-refractivity contribution >= 4 is 5.69 Å². The third-order valence-electron chi connectivity index (χ3n) is 2.86. The Bertz CT molecular complexity index is 507. The number of aromatic nitrogens is 1. The van der Waals surface area contributed by atoms with Gasteiger partial charge in [0.05, 0.1) is 11.4 Å². The van der Waals surface area contributed by atoms with Gasteiger partial charge in [-0.15, -0.1) is 0 Å². The highest BCUT2D eigenvalue weighted by Crippen LogP contribution is 2.27. The molecule has 0 spiro atoms. The predicted octanol–water partition coefficient (Wildman–Crippen LogP) is 3.63. The van der Waals surface area contributed by atoms with Crippen molar-refractivity contribution in [3.05, 3.63) is 48.2 Å². The number of benzene rings is 1. The molecule has 0 radical (unpaired) electrons. The fraction of sp³-hybridized carbons (Fsp3) is 0.267. The third-order valence-corrected chi connectivity index (χ3v) is 2.86. The number of anilines is 1. The molecule has 2 nitrogen and oxygen atoms in total. The Hall–Kier alpha value is -1.83. The molecule has 1 heterocycles. The van der Waals surface area contributed by atoms with Gasteiger partial charge >= 0.3 is 0 Å². The summed E-state index contributed by atoms with van der Waals surface area (Å²) in [5.74, 6) is 0. The first-order chi connectivity index (χ1) is 7.98. The SMILES string of the molecule is CC(C)(C)c1ccc(-c2ncccc2N)cc1. The summed E-state index contributed by atoms with van der Waals surface area (Å²) in [5, 5.41) is 0. The first-order valence-electron chi connectivity index (χ1n) is 5.80. The van der Waals surface area contributed by atoms with Gasteiger partial charge in [-0.25, -0.2) is 0 Å². The van der Waals surface area contributed by atoms with Gasteiger partial charge in [-0.05, 0) is 23.1 Å². The van der Waals surface area contributed by atoms with E-state index in [-0.39, 0.29) is 5.41 Å². The summed E-state index contributed by atoms with van der Waals surface area (Å²) in [7, 11) is 0. The quantitative estimate of drug-likeness (QED) is 0.806. The van der Waals surface area contributed by atoms with Crippen molar-refractivity contribution in [2.24, 2.45) is 0 Å². The molecule has 1 aromatic carbocycles. The van der Waals surface area contributed by atoms with E-state index in [1.807, 2.05) is 12.1 Å². The van der Waals surface area contributed by atoms with E-state index in [0.29, 0.717) is 0 Å². The van der Waals surface area contributed by atoms with Crippen molar-refractivity contribution in [3.63, 3.8) is 0 Å². The maximum absolute atomic E-state index is 5.91. The summed E-state index contributed by atoms with van der Waals surface area (Å²) < 4.78 is 0. The third kappa shape index (κ3) is 2.47. The van der Waals surface area contributed by atoms with Crippen molar-refractivity contribution in [2.75, 3.05) is 5.73 Å². The van der Waals surface area contributed by atoms with E-state index in [9.17, 15) is 0 Å². The van der Waals surface area contributed by atoms with Gasteiger partial charge in [0.1, 0.15) is 0 Å². The van der Waals surface area contributed by atoms with E-state index in [1.54, 1.807) is 6.20 Å². The van der Waals surface area contributed by atoms with Crippen LogP contribution in [-0.4, -0.2) is 4.98 Å². The highest BCUT2D eigenvalue weighted by molar-refractivity contribution is 5.72. The van der Waals surface area contributed by atoms with Gasteiger partial charge < -0.3 is 5.73 Å². The van der Waals surface area contributed by atoms with Crippen molar-refractivity contribution < 1.29 is 0 Å². The lowest BCUT2D eigenvalue weighted by molar-refractivity contribution is 0.590. The zero-order chi connectivity index (χ0) is 12.5. The Labute approximate surface area is 103 Å². The van der Waals surface area contributed by atoms with Crippen LogP contribution in [-0.2, 0) is 5.41 Å². The zero-order valence-corrected chi connectivity index (χ0v) is 10.6. The lowest BCUT2D eigenvalue weighted by atomic mass is 9.86. The van der Waals surface area contributed by atoms with Gasteiger partial charge in [0.25, 0.3) is 0 Å². The van der Waals surface area contributed by atoms with Gasteiger partial charge in [-0.2, -0.15) is 0 Å². The Morgan fingerprint density at radius 3 is 2.18 bits per heavy atom. The molecule has 2 rings (SSSR count). The lowest BCUT2D eigenvalue weighted by Gasteiger charge is -2.19. The molecule has 0 fully saturated rings. The van der Waals surface area contributed by atoms with Crippen LogP contribution in [0.4, 0.5) is 5.69 Å². The number of pyridine rings is 1. The van der Waals surface area contributed by atoms with E-state index >= 15 is 0 Å². The van der Waals surface area contributed by atoms with Crippen LogP contribution < -0.4 is 5.73 Å². The molecule has 0 unspecified atom stereocenters. The molecule has 0 aliphatic rings. The van der Waals surface area contributed by atoms with Gasteiger partial charge in [0.15, 0.2) is 0 Å². The molecule has 1 aromatic heterocycles. The van der Waals surface area contributed by atoms with Crippen LogP contribution in [0.25, 0.3) is 11.3 Å². The maximum atomic E-state index is 5.91. The van der Waals surface area contributed by atoms with E-state index < -0.39 is 0 Å². The van der Waals surface area contributed by atoms with Crippen molar-refractivity contribution in [2.45, 2.75) is 26.2 Å². The largest absolute Gasteiger partial charge is 0.397 e. The van der Waals surface area contributed by atoms with Crippen LogP contribution in [0, 0.1) is 0 Å². The van der Waals surface area contributed by atoms with E-state index in [2.05, 4.69) is 50.0 Å². The minimum absolute atomic E-state index is 0.175. The van der Waals surface area contributed by atoms with E-state index in [0.717, 1.165) is 16.9 Å². The predicted molar refractivity (Wildman–Crippen MR) is 72.8 cm³/mol. The molecule has 0 amide bonds. The molecule has 0 bridgehead atoms. The summed E-state index contributed by atoms with van der Waals surface area (Å²) in [6, 6.07) is 12.2. The molecule has 2 aromatic rings. The van der Waals surface area contributed by atoms with Crippen molar-refractivity contribution in [3.8, 4) is 11.3 Å². The number of hydrogen-bond acceptors (Lipinski definition) is 2. The topological polar surface area (TPSA) is 38.9 Å². The number of nitrogen functional groups attached to an aromatic ring is 1. The Balaban J connectivity index is 2.40. The monoisotopic (exact) mass is 226 g/mol. The average Bonchev–Trinajstić information content (AvgIpc) is 2.29. The Morgan fingerprint density at radius 1 is 1.00 bits per heavy atom. The molecular formula is C15H18N2. The lowest BCUT2D eigenvalue weighted by Crippen LogP contribution is -2.10. The maximum Gasteiger partial charge on any atom is 0.0931 e. The van der Waals surface area contributed by atoms with Crippen LogP contribution in [0.5, 0.6) is 0 Å². The van der Waals surface area contributed by atoms with E-state index in [1.165, 1.54) is 5.56 Å². The molecular weight excluding hydrogens is 208 g/mol. The second-order valence-electron chi connectivity index (χ2n) is 5.27. The molecule has 0 aliphatic heterocycles. The zero-order valence-electron chi connectivity index (χ0n) is 10.6. The molecule has 0 atom stereocenters. The summed E-state index contributed by atoms with van der Waals surface area (Å²) in [6.45, 7) is 6.62. The highest BCUT2D eigenvalue weighted by Gasteiger charge is 2.13. The molecule has 2 heteroatoms. The summed E-state index contributed by atoms with van der Waals surface area (Å²) in [5.41, 5.74) is 10.0. The fourth-order valence-electron chi connectivity index (χ4n) is 1.79. The van der Waals surface area contributed by atoms with Crippen LogP contribution >= 0.6 is 0 Å². The van der Waals surface area contributed by atoms with Gasteiger partial charge in [-0.1, -0.05) is 45.0 Å². The number of nitrogens with zero attached hydrogens (tertiary/aromatic N) is 1. The Kier molecular flexibility index (Phi) is 2.88. The minimum atomic E-state index is 0.175. The summed E-state index contributed by atoms with van der Waals surface area (Å²) in [6.07, 6.45) is 1.77. The minimum Gasteiger partial charge on any atom is -0.397 e. The van der Waals surface area contributed by atoms with E-state index in [4.69, 9.17) is 5.73 Å². The van der Waals surface area contributed by atoms with Gasteiger partial charge in [-0.3, -0.25) is 4.98 Å². The number of rotatable bonds is 1. The highest BCUT2D eigenvalue weighted by atomic mass is 14.7. The fourth-order valence-corrected chi connectivity index (χ4v) is 1.79. The molecule has 0 saturated heterocycles. The smallest absolute Gasteiger partial charge is 0.0931 e. The standard InChI is InChI=1S/C15H18N2/c1-15(2,3)12-8-6-11(7-9-12)14-13(16)5-4-10-17-14/h4-10H,16H2,1-3H3. The second kappa shape index (κ2) is 4.21. The van der Waals surface area contributed by atoms with Crippen LogP contribution in [0.2, 0.25) is 0 Å². The first kappa shape index (κ1) is 11.6. The van der Waals surface area contributed by atoms with Crippen LogP contribution in [0.15, 0.2) is 42.6 Å². The summed E-state index contributed by atoms with van der Waals surface area (Å²) >= 11 is 0. The molecule has 17 heavy (non-hydrogen) atoms. The second-order valence-corrected chi connectivity index (χ2v) is 5.27. The van der Waals surface area contributed by atoms with Crippen LogP contribution in [0.1, 0.15) is 26.3 Å². The molecule has 2 N–H and O–H groups in total. The van der Waals surface area contributed by atoms with Crippen molar-refractivity contribution in [1.29, 1.82) is 0 Å². The average molecular weight is 226 g/mol.